The number of ether oxygens (including phenoxy) is 2. The molecule has 0 aliphatic rings. The first-order valence-corrected chi connectivity index (χ1v) is 9.50. The highest BCUT2D eigenvalue weighted by Gasteiger charge is 2.23. The minimum absolute atomic E-state index is 0.527. The molecule has 0 fully saturated rings. The molecule has 0 radical (unpaired) electrons. The SMILES string of the molecule is COC(C)(Cc1ccc([Si](C)(C)C)cc1)OC. The van der Waals surface area contributed by atoms with Crippen molar-refractivity contribution in [2.24, 2.45) is 0 Å². The second-order valence-corrected chi connectivity index (χ2v) is 10.7. The predicted octanol–water partition coefficient (Wildman–Crippen LogP) is 2.78. The molecule has 17 heavy (non-hydrogen) atoms. The van der Waals surface area contributed by atoms with Crippen molar-refractivity contribution in [1.29, 1.82) is 0 Å². The third-order valence-electron chi connectivity index (χ3n) is 3.21. The van der Waals surface area contributed by atoms with Crippen LogP contribution in [-0.4, -0.2) is 28.1 Å². The van der Waals surface area contributed by atoms with Gasteiger partial charge in [-0.2, -0.15) is 0 Å². The molecule has 96 valence electrons. The maximum atomic E-state index is 5.37. The summed E-state index contributed by atoms with van der Waals surface area (Å²) in [6.07, 6.45) is 0.770. The summed E-state index contributed by atoms with van der Waals surface area (Å²) in [5, 5.41) is 1.48. The van der Waals surface area contributed by atoms with Gasteiger partial charge >= 0.3 is 0 Å². The highest BCUT2D eigenvalue weighted by atomic mass is 28.3. The smallest absolute Gasteiger partial charge is 0.168 e. The Morgan fingerprint density at radius 3 is 1.82 bits per heavy atom. The Bertz CT molecular complexity index is 347. The van der Waals surface area contributed by atoms with E-state index in [2.05, 4.69) is 43.9 Å². The second kappa shape index (κ2) is 5.34. The summed E-state index contributed by atoms with van der Waals surface area (Å²) in [7, 11) is 2.17. The third-order valence-corrected chi connectivity index (χ3v) is 5.27. The first kappa shape index (κ1) is 14.4. The molecule has 0 unspecified atom stereocenters. The van der Waals surface area contributed by atoms with Gasteiger partial charge < -0.3 is 9.47 Å². The van der Waals surface area contributed by atoms with Gasteiger partial charge in [-0.1, -0.05) is 49.1 Å². The number of benzene rings is 1. The lowest BCUT2D eigenvalue weighted by Crippen LogP contribution is -2.37. The van der Waals surface area contributed by atoms with Gasteiger partial charge in [0.25, 0.3) is 0 Å². The second-order valence-electron chi connectivity index (χ2n) is 5.67. The molecule has 2 nitrogen and oxygen atoms in total. The van der Waals surface area contributed by atoms with Crippen molar-refractivity contribution in [3.05, 3.63) is 29.8 Å². The number of rotatable bonds is 5. The summed E-state index contributed by atoms with van der Waals surface area (Å²) in [4.78, 5) is 0. The van der Waals surface area contributed by atoms with Crippen molar-refractivity contribution in [3.8, 4) is 0 Å². The minimum atomic E-state index is -1.19. The van der Waals surface area contributed by atoms with Crippen molar-refractivity contribution in [2.45, 2.75) is 38.8 Å². The fourth-order valence-corrected chi connectivity index (χ4v) is 2.89. The summed E-state index contributed by atoms with van der Waals surface area (Å²) in [5.74, 6) is -0.527. The minimum Gasteiger partial charge on any atom is -0.353 e. The molecule has 1 rings (SSSR count). The van der Waals surface area contributed by atoms with E-state index in [1.54, 1.807) is 14.2 Å². The zero-order valence-corrected chi connectivity index (χ0v) is 12.8. The summed E-state index contributed by atoms with van der Waals surface area (Å²) in [6, 6.07) is 8.86. The first-order chi connectivity index (χ1) is 7.80. The van der Waals surface area contributed by atoms with Crippen LogP contribution in [0.25, 0.3) is 0 Å². The Morgan fingerprint density at radius 2 is 1.47 bits per heavy atom. The van der Waals surface area contributed by atoms with Crippen LogP contribution in [0.15, 0.2) is 24.3 Å². The molecule has 0 saturated heterocycles. The van der Waals surface area contributed by atoms with Gasteiger partial charge in [-0.05, 0) is 12.5 Å². The van der Waals surface area contributed by atoms with Gasteiger partial charge in [-0.25, -0.2) is 0 Å². The fourth-order valence-electron chi connectivity index (χ4n) is 1.72. The zero-order valence-electron chi connectivity index (χ0n) is 11.8. The van der Waals surface area contributed by atoms with Crippen LogP contribution in [0.1, 0.15) is 12.5 Å². The summed E-state index contributed by atoms with van der Waals surface area (Å²) in [6.45, 7) is 9.03. The molecule has 1 aromatic carbocycles. The standard InChI is InChI=1S/C14H24O2Si/c1-14(15-2,16-3)11-12-7-9-13(10-8-12)17(4,5)6/h7-10H,11H2,1-6H3. The predicted molar refractivity (Wildman–Crippen MR) is 75.5 cm³/mol. The quantitative estimate of drug-likeness (QED) is 0.592. The molecule has 3 heteroatoms. The van der Waals surface area contributed by atoms with Crippen LogP contribution in [0.4, 0.5) is 0 Å². The van der Waals surface area contributed by atoms with Crippen molar-refractivity contribution in [3.63, 3.8) is 0 Å². The van der Waals surface area contributed by atoms with Gasteiger partial charge in [0, 0.05) is 20.6 Å². The van der Waals surface area contributed by atoms with Crippen molar-refractivity contribution in [1.82, 2.24) is 0 Å². The maximum absolute atomic E-state index is 5.37. The average molecular weight is 252 g/mol. The molecule has 0 aromatic heterocycles. The van der Waals surface area contributed by atoms with Gasteiger partial charge in [-0.15, -0.1) is 0 Å². The average Bonchev–Trinajstić information content (AvgIpc) is 2.28. The van der Waals surface area contributed by atoms with Crippen LogP contribution < -0.4 is 5.19 Å². The van der Waals surface area contributed by atoms with Gasteiger partial charge in [0.2, 0.25) is 0 Å². The fraction of sp³-hybridized carbons (Fsp3) is 0.571. The number of hydrogen-bond acceptors (Lipinski definition) is 2. The molecule has 0 amide bonds. The molecule has 0 saturated carbocycles. The van der Waals surface area contributed by atoms with Crippen molar-refractivity contribution in [2.75, 3.05) is 14.2 Å². The zero-order chi connectivity index (χ0) is 13.1. The van der Waals surface area contributed by atoms with E-state index in [0.29, 0.717) is 0 Å². The summed E-state index contributed by atoms with van der Waals surface area (Å²) >= 11 is 0. The van der Waals surface area contributed by atoms with Gasteiger partial charge in [-0.3, -0.25) is 0 Å². The van der Waals surface area contributed by atoms with E-state index in [-0.39, 0.29) is 0 Å². The van der Waals surface area contributed by atoms with E-state index in [9.17, 15) is 0 Å². The molecule has 0 aliphatic heterocycles. The molecular weight excluding hydrogens is 228 g/mol. The van der Waals surface area contributed by atoms with E-state index in [1.807, 2.05) is 6.92 Å². The van der Waals surface area contributed by atoms with Crippen LogP contribution in [0.2, 0.25) is 19.6 Å². The van der Waals surface area contributed by atoms with Crippen LogP contribution in [0, 0.1) is 0 Å². The first-order valence-electron chi connectivity index (χ1n) is 6.00. The number of methoxy groups -OCH3 is 2. The van der Waals surface area contributed by atoms with Crippen LogP contribution in [0.5, 0.6) is 0 Å². The number of hydrogen-bond donors (Lipinski definition) is 0. The van der Waals surface area contributed by atoms with Crippen molar-refractivity contribution < 1.29 is 9.47 Å². The Kier molecular flexibility index (Phi) is 4.53. The van der Waals surface area contributed by atoms with Crippen LogP contribution in [-0.2, 0) is 15.9 Å². The Labute approximate surface area is 106 Å². The molecule has 0 bridgehead atoms. The largest absolute Gasteiger partial charge is 0.353 e. The Hall–Kier alpha value is -0.643. The highest BCUT2D eigenvalue weighted by molar-refractivity contribution is 6.88. The van der Waals surface area contributed by atoms with Gasteiger partial charge in [0.1, 0.15) is 0 Å². The molecule has 0 spiro atoms. The Morgan fingerprint density at radius 1 is 1.00 bits per heavy atom. The Balaban J connectivity index is 2.82. The molecule has 0 N–H and O–H groups in total. The molecular formula is C14H24O2Si. The monoisotopic (exact) mass is 252 g/mol. The molecule has 0 heterocycles. The van der Waals surface area contributed by atoms with Crippen LogP contribution in [0.3, 0.4) is 0 Å². The van der Waals surface area contributed by atoms with E-state index in [0.717, 1.165) is 6.42 Å². The van der Waals surface area contributed by atoms with E-state index in [1.165, 1.54) is 10.8 Å². The normalized spacial score (nSPS) is 12.8. The maximum Gasteiger partial charge on any atom is 0.168 e. The molecule has 0 aliphatic carbocycles. The van der Waals surface area contributed by atoms with Crippen LogP contribution >= 0.6 is 0 Å². The lowest BCUT2D eigenvalue weighted by molar-refractivity contribution is -0.191. The third kappa shape index (κ3) is 3.94. The highest BCUT2D eigenvalue weighted by Crippen LogP contribution is 2.17. The molecule has 0 atom stereocenters. The van der Waals surface area contributed by atoms with Gasteiger partial charge in [0.05, 0.1) is 8.07 Å². The van der Waals surface area contributed by atoms with Gasteiger partial charge in [0.15, 0.2) is 5.79 Å². The summed E-state index contributed by atoms with van der Waals surface area (Å²) in [5.41, 5.74) is 1.25. The lowest BCUT2D eigenvalue weighted by atomic mass is 10.1. The van der Waals surface area contributed by atoms with Crippen molar-refractivity contribution >= 4 is 13.3 Å². The molecule has 1 aromatic rings. The summed E-state index contributed by atoms with van der Waals surface area (Å²) < 4.78 is 10.7. The van der Waals surface area contributed by atoms with E-state index < -0.39 is 13.9 Å². The topological polar surface area (TPSA) is 18.5 Å². The lowest BCUT2D eigenvalue weighted by Gasteiger charge is -2.26. The van der Waals surface area contributed by atoms with E-state index in [4.69, 9.17) is 9.47 Å². The van der Waals surface area contributed by atoms with E-state index >= 15 is 0 Å².